The molecule has 0 N–H and O–H groups in total. The summed E-state index contributed by atoms with van der Waals surface area (Å²) in [6.45, 7) is 2.20. The number of hydrogen-bond acceptors (Lipinski definition) is 1. The molecule has 1 nitrogen and oxygen atoms in total. The van der Waals surface area contributed by atoms with E-state index in [0.717, 1.165) is 28.7 Å². The van der Waals surface area contributed by atoms with Crippen LogP contribution in [0.4, 0.5) is 0 Å². The Morgan fingerprint density at radius 1 is 1.00 bits per heavy atom. The van der Waals surface area contributed by atoms with Crippen molar-refractivity contribution in [2.45, 2.75) is 25.7 Å². The van der Waals surface area contributed by atoms with Crippen molar-refractivity contribution in [3.05, 3.63) is 34.9 Å². The largest absolute Gasteiger partial charge is 0.362 e. The summed E-state index contributed by atoms with van der Waals surface area (Å²) in [6, 6.07) is 7.83. The van der Waals surface area contributed by atoms with Crippen molar-refractivity contribution in [2.75, 3.05) is 13.1 Å². The number of hydrogen-bond donors (Lipinski definition) is 0. The maximum atomic E-state index is 5.87. The van der Waals surface area contributed by atoms with Crippen molar-refractivity contribution in [1.82, 2.24) is 4.90 Å². The highest BCUT2D eigenvalue weighted by molar-refractivity contribution is 7.80. The van der Waals surface area contributed by atoms with Gasteiger partial charge in [-0.15, -0.1) is 0 Å². The minimum absolute atomic E-state index is 0.766. The normalized spacial score (nSPS) is 16.9. The molecule has 0 unspecified atom stereocenters. The van der Waals surface area contributed by atoms with E-state index < -0.39 is 0 Å². The fourth-order valence-corrected chi connectivity index (χ4v) is 2.49. The summed E-state index contributed by atoms with van der Waals surface area (Å²) in [5.74, 6) is 0. The van der Waals surface area contributed by atoms with Gasteiger partial charge >= 0.3 is 0 Å². The van der Waals surface area contributed by atoms with Gasteiger partial charge in [0.25, 0.3) is 0 Å². The van der Waals surface area contributed by atoms with Crippen LogP contribution in [0.2, 0.25) is 5.02 Å². The third-order valence-electron chi connectivity index (χ3n) is 2.98. The Labute approximate surface area is 107 Å². The minimum Gasteiger partial charge on any atom is -0.362 e. The highest BCUT2D eigenvalue weighted by Crippen LogP contribution is 2.16. The summed E-state index contributed by atoms with van der Waals surface area (Å²) < 4.78 is 0. The first kappa shape index (κ1) is 11.9. The molecule has 0 radical (unpaired) electrons. The Morgan fingerprint density at radius 3 is 2.12 bits per heavy atom. The molecule has 0 aliphatic carbocycles. The van der Waals surface area contributed by atoms with Gasteiger partial charge in [-0.1, -0.05) is 48.8 Å². The molecule has 0 spiro atoms. The van der Waals surface area contributed by atoms with Crippen molar-refractivity contribution in [3.63, 3.8) is 0 Å². The predicted octanol–water partition coefficient (Wildman–Crippen LogP) is 3.89. The quantitative estimate of drug-likeness (QED) is 0.699. The van der Waals surface area contributed by atoms with Gasteiger partial charge < -0.3 is 4.90 Å². The first-order valence-corrected chi connectivity index (χ1v) is 6.61. The van der Waals surface area contributed by atoms with Crippen LogP contribution in [0.15, 0.2) is 24.3 Å². The molecule has 2 rings (SSSR count). The number of nitrogens with zero attached hydrogens (tertiary/aromatic N) is 1. The number of likely N-dealkylation sites (tertiary alicyclic amines) is 1. The van der Waals surface area contributed by atoms with E-state index in [9.17, 15) is 0 Å². The van der Waals surface area contributed by atoms with Crippen LogP contribution >= 0.6 is 23.8 Å². The van der Waals surface area contributed by atoms with Crippen molar-refractivity contribution in [3.8, 4) is 0 Å². The third kappa shape index (κ3) is 2.96. The van der Waals surface area contributed by atoms with E-state index >= 15 is 0 Å². The van der Waals surface area contributed by atoms with Crippen molar-refractivity contribution in [2.24, 2.45) is 0 Å². The van der Waals surface area contributed by atoms with Crippen LogP contribution in [0.25, 0.3) is 0 Å². The zero-order valence-corrected chi connectivity index (χ0v) is 10.9. The summed E-state index contributed by atoms with van der Waals surface area (Å²) in [5, 5.41) is 0.766. The van der Waals surface area contributed by atoms with Crippen LogP contribution in [0.3, 0.4) is 0 Å². The fourth-order valence-electron chi connectivity index (χ4n) is 2.05. The zero-order valence-electron chi connectivity index (χ0n) is 9.29. The number of halogens is 1. The van der Waals surface area contributed by atoms with Crippen LogP contribution in [0.5, 0.6) is 0 Å². The lowest BCUT2D eigenvalue weighted by Crippen LogP contribution is -2.30. The van der Waals surface area contributed by atoms with Gasteiger partial charge in [-0.3, -0.25) is 0 Å². The molecule has 3 heteroatoms. The van der Waals surface area contributed by atoms with Gasteiger partial charge in [0.15, 0.2) is 0 Å². The second-order valence-electron chi connectivity index (χ2n) is 4.21. The Hall–Kier alpha value is -0.600. The average molecular weight is 254 g/mol. The molecule has 1 heterocycles. The molecule has 0 amide bonds. The van der Waals surface area contributed by atoms with E-state index in [0.29, 0.717) is 0 Å². The summed E-state index contributed by atoms with van der Waals surface area (Å²) in [4.78, 5) is 3.30. The molecule has 86 valence electrons. The lowest BCUT2D eigenvalue weighted by atomic mass is 10.2. The Morgan fingerprint density at radius 2 is 1.56 bits per heavy atom. The molecule has 16 heavy (non-hydrogen) atoms. The van der Waals surface area contributed by atoms with E-state index in [2.05, 4.69) is 4.90 Å². The maximum absolute atomic E-state index is 5.87. The van der Waals surface area contributed by atoms with E-state index in [1.165, 1.54) is 25.7 Å². The van der Waals surface area contributed by atoms with E-state index in [1.54, 1.807) is 0 Å². The molecule has 0 atom stereocenters. The van der Waals surface area contributed by atoms with Crippen LogP contribution < -0.4 is 0 Å². The van der Waals surface area contributed by atoms with Crippen LogP contribution in [0.1, 0.15) is 31.2 Å². The first-order valence-electron chi connectivity index (χ1n) is 5.82. The molecule has 0 saturated carbocycles. The van der Waals surface area contributed by atoms with Gasteiger partial charge in [0.05, 0.1) is 0 Å². The van der Waals surface area contributed by atoms with Gasteiger partial charge in [-0.2, -0.15) is 0 Å². The lowest BCUT2D eigenvalue weighted by Gasteiger charge is -2.23. The third-order valence-corrected chi connectivity index (χ3v) is 3.73. The van der Waals surface area contributed by atoms with E-state index in [-0.39, 0.29) is 0 Å². The molecule has 1 fully saturated rings. The van der Waals surface area contributed by atoms with Crippen molar-refractivity contribution >= 4 is 28.8 Å². The Bertz CT molecular complexity index is 353. The lowest BCUT2D eigenvalue weighted by molar-refractivity contribution is 0.443. The number of thiocarbonyl (C=S) groups is 1. The average Bonchev–Trinajstić information content (AvgIpc) is 2.57. The molecule has 1 aromatic carbocycles. The molecule has 1 saturated heterocycles. The molecule has 1 aliphatic heterocycles. The van der Waals surface area contributed by atoms with Crippen molar-refractivity contribution in [1.29, 1.82) is 0 Å². The van der Waals surface area contributed by atoms with Crippen LogP contribution in [-0.4, -0.2) is 23.0 Å². The van der Waals surface area contributed by atoms with Gasteiger partial charge in [0, 0.05) is 23.7 Å². The highest BCUT2D eigenvalue weighted by Gasteiger charge is 2.13. The second kappa shape index (κ2) is 5.65. The fraction of sp³-hybridized carbons (Fsp3) is 0.462. The summed E-state index contributed by atoms with van der Waals surface area (Å²) in [7, 11) is 0. The molecule has 0 bridgehead atoms. The molecule has 1 aliphatic rings. The summed E-state index contributed by atoms with van der Waals surface area (Å²) in [5.41, 5.74) is 1.11. The van der Waals surface area contributed by atoms with Crippen molar-refractivity contribution < 1.29 is 0 Å². The van der Waals surface area contributed by atoms with Gasteiger partial charge in [0.2, 0.25) is 0 Å². The monoisotopic (exact) mass is 253 g/mol. The van der Waals surface area contributed by atoms with E-state index in [4.69, 9.17) is 23.8 Å². The van der Waals surface area contributed by atoms with E-state index in [1.807, 2.05) is 24.3 Å². The maximum Gasteiger partial charge on any atom is 0.109 e. The van der Waals surface area contributed by atoms with Crippen LogP contribution in [-0.2, 0) is 0 Å². The molecular weight excluding hydrogens is 238 g/mol. The summed E-state index contributed by atoms with van der Waals surface area (Å²) >= 11 is 11.4. The molecule has 0 aromatic heterocycles. The van der Waals surface area contributed by atoms with Gasteiger partial charge in [-0.25, -0.2) is 0 Å². The standard InChI is InChI=1S/C13H16ClNS/c14-12-7-5-11(6-8-12)13(16)15-9-3-1-2-4-10-15/h5-8H,1-4,9-10H2. The van der Waals surface area contributed by atoms with Gasteiger partial charge in [-0.05, 0) is 25.0 Å². The zero-order chi connectivity index (χ0) is 11.4. The smallest absolute Gasteiger partial charge is 0.109 e. The van der Waals surface area contributed by atoms with Crippen LogP contribution in [0, 0.1) is 0 Å². The number of rotatable bonds is 1. The minimum atomic E-state index is 0.766. The predicted molar refractivity (Wildman–Crippen MR) is 73.2 cm³/mol. The Kier molecular flexibility index (Phi) is 4.19. The topological polar surface area (TPSA) is 3.24 Å². The second-order valence-corrected chi connectivity index (χ2v) is 5.04. The van der Waals surface area contributed by atoms with Gasteiger partial charge in [0.1, 0.15) is 4.99 Å². The highest BCUT2D eigenvalue weighted by atomic mass is 35.5. The SMILES string of the molecule is S=C(c1ccc(Cl)cc1)N1CCCCCC1. The number of benzene rings is 1. The first-order chi connectivity index (χ1) is 7.77. The summed E-state index contributed by atoms with van der Waals surface area (Å²) in [6.07, 6.45) is 5.18. The molecular formula is C13H16ClNS. The Balaban J connectivity index is 2.08. The molecule has 1 aromatic rings.